The van der Waals surface area contributed by atoms with Gasteiger partial charge in [0.2, 0.25) is 0 Å². The normalized spacial score (nSPS) is 53.4. The Labute approximate surface area is 156 Å². The first-order valence-corrected chi connectivity index (χ1v) is 10.2. The van der Waals surface area contributed by atoms with Crippen molar-refractivity contribution in [2.24, 2.45) is 34.5 Å². The zero-order valence-corrected chi connectivity index (χ0v) is 16.4. The number of ketones is 2. The Morgan fingerprint density at radius 3 is 2.62 bits per heavy atom. The molecule has 26 heavy (non-hydrogen) atoms. The average molecular weight is 360 g/mol. The van der Waals surface area contributed by atoms with Crippen LogP contribution >= 0.6 is 0 Å². The first-order chi connectivity index (χ1) is 12.1. The van der Waals surface area contributed by atoms with Gasteiger partial charge in [0.05, 0.1) is 6.10 Å². The van der Waals surface area contributed by atoms with E-state index in [0.717, 1.165) is 25.7 Å². The van der Waals surface area contributed by atoms with E-state index in [1.54, 1.807) is 0 Å². The number of carbonyl (C=O) groups excluding carboxylic acids is 2. The fourth-order valence-corrected chi connectivity index (χ4v) is 7.77. The topological polar surface area (TPSA) is 74.6 Å². The lowest BCUT2D eigenvalue weighted by molar-refractivity contribution is -0.183. The molecule has 0 bridgehead atoms. The highest BCUT2D eigenvalue weighted by Crippen LogP contribution is 2.68. The molecular weight excluding hydrogens is 328 g/mol. The molecule has 144 valence electrons. The Bertz CT molecular complexity index is 696. The molecule has 0 aliphatic heterocycles. The summed E-state index contributed by atoms with van der Waals surface area (Å²) in [6.07, 6.45) is 5.82. The smallest absolute Gasteiger partial charge is 0.162 e. The van der Waals surface area contributed by atoms with Gasteiger partial charge in [0.1, 0.15) is 5.60 Å². The molecule has 4 nitrogen and oxygen atoms in total. The van der Waals surface area contributed by atoms with Crippen LogP contribution in [-0.4, -0.2) is 33.5 Å². The average Bonchev–Trinajstić information content (AvgIpc) is 2.76. The van der Waals surface area contributed by atoms with E-state index in [4.69, 9.17) is 0 Å². The maximum Gasteiger partial charge on any atom is 0.162 e. The summed E-state index contributed by atoms with van der Waals surface area (Å²) in [6, 6.07) is 0. The Kier molecular flexibility index (Phi) is 3.89. The van der Waals surface area contributed by atoms with Crippen LogP contribution in [0.2, 0.25) is 0 Å². The van der Waals surface area contributed by atoms with Gasteiger partial charge in [-0.3, -0.25) is 9.59 Å². The van der Waals surface area contributed by atoms with Crippen LogP contribution in [0.5, 0.6) is 0 Å². The summed E-state index contributed by atoms with van der Waals surface area (Å²) in [7, 11) is 0. The fourth-order valence-electron chi connectivity index (χ4n) is 7.77. The van der Waals surface area contributed by atoms with Crippen LogP contribution in [0.3, 0.4) is 0 Å². The third-order valence-corrected chi connectivity index (χ3v) is 9.01. The molecular formula is C22H32O4. The number of hydrogen-bond acceptors (Lipinski definition) is 4. The van der Waals surface area contributed by atoms with Gasteiger partial charge < -0.3 is 10.2 Å². The highest BCUT2D eigenvalue weighted by molar-refractivity contribution is 5.91. The second kappa shape index (κ2) is 5.51. The molecule has 8 atom stereocenters. The zero-order chi connectivity index (χ0) is 19.1. The molecule has 3 fully saturated rings. The molecule has 0 aromatic rings. The van der Waals surface area contributed by atoms with Gasteiger partial charge >= 0.3 is 0 Å². The third kappa shape index (κ3) is 2.03. The van der Waals surface area contributed by atoms with E-state index in [0.29, 0.717) is 18.8 Å². The molecule has 0 heterocycles. The zero-order valence-electron chi connectivity index (χ0n) is 16.4. The molecule has 4 aliphatic carbocycles. The monoisotopic (exact) mass is 360 g/mol. The third-order valence-electron chi connectivity index (χ3n) is 9.01. The van der Waals surface area contributed by atoms with Crippen LogP contribution in [-0.2, 0) is 9.59 Å². The minimum absolute atomic E-state index is 0.0846. The molecule has 4 aliphatic rings. The number of carbonyl (C=O) groups is 2. The first kappa shape index (κ1) is 18.4. The van der Waals surface area contributed by atoms with E-state index in [2.05, 4.69) is 6.92 Å². The predicted molar refractivity (Wildman–Crippen MR) is 98.3 cm³/mol. The van der Waals surface area contributed by atoms with Crippen LogP contribution in [0, 0.1) is 34.5 Å². The minimum Gasteiger partial charge on any atom is -0.393 e. The second-order valence-corrected chi connectivity index (χ2v) is 10.0. The maximum absolute atomic E-state index is 12.5. The van der Waals surface area contributed by atoms with E-state index in [1.165, 1.54) is 12.5 Å². The Balaban J connectivity index is 1.78. The quantitative estimate of drug-likeness (QED) is 0.754. The SMILES string of the molecule is CC(=O)[C@@]1(O)[C@H](C)C[C@H]2[C@@H]3CCC4=CC(=O)CC[C@]4(C)[C@H]3[C@@H](O)C[C@@]21C. The fraction of sp³-hybridized carbons (Fsp3) is 0.818. The number of hydrogen-bond donors (Lipinski definition) is 2. The van der Waals surface area contributed by atoms with E-state index < -0.39 is 17.1 Å². The molecule has 2 N–H and O–H groups in total. The molecule has 0 saturated heterocycles. The van der Waals surface area contributed by atoms with Gasteiger partial charge in [-0.25, -0.2) is 0 Å². The number of fused-ring (bicyclic) bond motifs is 5. The van der Waals surface area contributed by atoms with Crippen LogP contribution in [0.25, 0.3) is 0 Å². The predicted octanol–water partition coefficient (Wildman–Crippen LogP) is 3.06. The van der Waals surface area contributed by atoms with Gasteiger partial charge in [-0.1, -0.05) is 26.3 Å². The summed E-state index contributed by atoms with van der Waals surface area (Å²) in [5.74, 6) is 0.637. The van der Waals surface area contributed by atoms with E-state index in [1.807, 2.05) is 19.9 Å². The van der Waals surface area contributed by atoms with Crippen LogP contribution in [0.1, 0.15) is 66.2 Å². The van der Waals surface area contributed by atoms with E-state index >= 15 is 0 Å². The largest absolute Gasteiger partial charge is 0.393 e. The van der Waals surface area contributed by atoms with Crippen molar-refractivity contribution in [2.75, 3.05) is 0 Å². The Hall–Kier alpha value is -1.00. The van der Waals surface area contributed by atoms with Crippen molar-refractivity contribution in [3.05, 3.63) is 11.6 Å². The van der Waals surface area contributed by atoms with Gasteiger partial charge in [-0.2, -0.15) is 0 Å². The standard InChI is InChI=1S/C22H32O4/c1-12-9-17-16-6-5-14-10-15(24)7-8-20(14,3)19(16)18(25)11-21(17,4)22(12,26)13(2)23/h10,12,16-19,25-26H,5-9,11H2,1-4H3/t12-,16+,17+,18+,19-,20+,21+,22+/m1/s1. The molecule has 0 radical (unpaired) electrons. The number of allylic oxidation sites excluding steroid dienone is 1. The Morgan fingerprint density at radius 1 is 1.27 bits per heavy atom. The summed E-state index contributed by atoms with van der Waals surface area (Å²) in [5.41, 5.74) is -0.826. The number of rotatable bonds is 1. The maximum atomic E-state index is 12.5. The van der Waals surface area contributed by atoms with Gasteiger partial charge in [0.25, 0.3) is 0 Å². The summed E-state index contributed by atoms with van der Waals surface area (Å²) in [5, 5.41) is 22.7. The highest BCUT2D eigenvalue weighted by Gasteiger charge is 2.69. The molecule has 0 spiro atoms. The van der Waals surface area contributed by atoms with Crippen molar-refractivity contribution >= 4 is 11.6 Å². The van der Waals surface area contributed by atoms with Gasteiger partial charge in [0, 0.05) is 11.8 Å². The van der Waals surface area contributed by atoms with Gasteiger partial charge in [0.15, 0.2) is 11.6 Å². The molecule has 0 aromatic heterocycles. The Morgan fingerprint density at radius 2 is 1.96 bits per heavy atom. The first-order valence-electron chi connectivity index (χ1n) is 10.2. The summed E-state index contributed by atoms with van der Waals surface area (Å²) >= 11 is 0. The lowest BCUT2D eigenvalue weighted by Crippen LogP contribution is -2.62. The van der Waals surface area contributed by atoms with E-state index in [9.17, 15) is 19.8 Å². The summed E-state index contributed by atoms with van der Waals surface area (Å²) in [6.45, 7) is 7.74. The van der Waals surface area contributed by atoms with Crippen molar-refractivity contribution in [3.8, 4) is 0 Å². The van der Waals surface area contributed by atoms with Crippen LogP contribution in [0.15, 0.2) is 11.6 Å². The molecule has 4 rings (SSSR count). The van der Waals surface area contributed by atoms with E-state index in [-0.39, 0.29) is 34.7 Å². The van der Waals surface area contributed by atoms with Crippen LogP contribution < -0.4 is 0 Å². The lowest BCUT2D eigenvalue weighted by Gasteiger charge is -2.60. The number of aliphatic hydroxyl groups is 2. The van der Waals surface area contributed by atoms with Crippen molar-refractivity contribution in [2.45, 2.75) is 77.9 Å². The van der Waals surface area contributed by atoms with Crippen molar-refractivity contribution in [3.63, 3.8) is 0 Å². The lowest BCUT2D eigenvalue weighted by atomic mass is 9.45. The molecule has 4 heteroatoms. The van der Waals surface area contributed by atoms with Gasteiger partial charge in [-0.05, 0) is 74.2 Å². The molecule has 0 amide bonds. The van der Waals surface area contributed by atoms with Crippen molar-refractivity contribution < 1.29 is 19.8 Å². The molecule has 0 aromatic carbocycles. The summed E-state index contributed by atoms with van der Waals surface area (Å²) < 4.78 is 0. The van der Waals surface area contributed by atoms with Crippen molar-refractivity contribution in [1.82, 2.24) is 0 Å². The number of aliphatic hydroxyl groups excluding tert-OH is 1. The second-order valence-electron chi connectivity index (χ2n) is 10.0. The molecule has 3 saturated carbocycles. The molecule has 0 unspecified atom stereocenters. The number of Topliss-reactive ketones (excluding diaryl/α,β-unsaturated/α-hetero) is 1. The minimum atomic E-state index is -1.34. The summed E-state index contributed by atoms with van der Waals surface area (Å²) in [4.78, 5) is 24.4. The van der Waals surface area contributed by atoms with Gasteiger partial charge in [-0.15, -0.1) is 0 Å². The highest BCUT2D eigenvalue weighted by atomic mass is 16.3. The van der Waals surface area contributed by atoms with Crippen molar-refractivity contribution in [1.29, 1.82) is 0 Å². The van der Waals surface area contributed by atoms with Crippen LogP contribution in [0.4, 0.5) is 0 Å².